The molecule has 0 bridgehead atoms. The molecule has 1 fully saturated rings. The monoisotopic (exact) mass is 327 g/mol. The number of nitrogens with one attached hydrogen (secondary N) is 1. The van der Waals surface area contributed by atoms with E-state index in [9.17, 15) is 0 Å². The van der Waals surface area contributed by atoms with Crippen molar-refractivity contribution in [3.05, 3.63) is 22.3 Å². The normalized spacial score (nSPS) is 18.6. The van der Waals surface area contributed by atoms with Crippen molar-refractivity contribution in [2.24, 2.45) is 0 Å². The lowest BCUT2D eigenvalue weighted by molar-refractivity contribution is -0.0279. The van der Waals surface area contributed by atoms with Crippen LogP contribution in [-0.2, 0) is 11.3 Å². The number of halogens is 1. The Bertz CT molecular complexity index is 437. The van der Waals surface area contributed by atoms with Crippen LogP contribution in [0.15, 0.2) is 16.7 Å². The third kappa shape index (κ3) is 3.91. The molecule has 0 unspecified atom stereocenters. The second-order valence-corrected chi connectivity index (χ2v) is 6.36. The standard InChI is InChI=1S/C14H22BrN3O/c1-4-16-8-11-7-12(15)9-17-13(11)18-5-6-19-14(2,3)10-18/h7,9,16H,4-6,8,10H2,1-3H3. The minimum absolute atomic E-state index is 0.109. The van der Waals surface area contributed by atoms with E-state index in [0.29, 0.717) is 0 Å². The molecule has 1 aliphatic heterocycles. The number of hydrogen-bond donors (Lipinski definition) is 1. The fourth-order valence-corrected chi connectivity index (χ4v) is 2.72. The summed E-state index contributed by atoms with van der Waals surface area (Å²) in [6.45, 7) is 10.7. The number of ether oxygens (including phenoxy) is 1. The van der Waals surface area contributed by atoms with Crippen molar-refractivity contribution < 1.29 is 4.74 Å². The maximum Gasteiger partial charge on any atom is 0.133 e. The van der Waals surface area contributed by atoms with Gasteiger partial charge in [-0.1, -0.05) is 6.92 Å². The van der Waals surface area contributed by atoms with Gasteiger partial charge in [-0.2, -0.15) is 0 Å². The van der Waals surface area contributed by atoms with Gasteiger partial charge in [-0.25, -0.2) is 4.98 Å². The number of rotatable bonds is 4. The highest BCUT2D eigenvalue weighted by Gasteiger charge is 2.28. The Kier molecular flexibility index (Phi) is 4.81. The van der Waals surface area contributed by atoms with Crippen molar-refractivity contribution in [2.75, 3.05) is 31.1 Å². The summed E-state index contributed by atoms with van der Waals surface area (Å²) in [7, 11) is 0. The molecule has 0 atom stereocenters. The lowest BCUT2D eigenvalue weighted by atomic mass is 10.1. The average Bonchev–Trinajstić information content (AvgIpc) is 2.35. The number of morpholine rings is 1. The van der Waals surface area contributed by atoms with Crippen LogP contribution in [-0.4, -0.2) is 36.8 Å². The molecule has 1 aliphatic rings. The predicted octanol–water partition coefficient (Wildman–Crippen LogP) is 2.57. The second-order valence-electron chi connectivity index (χ2n) is 5.45. The molecule has 2 rings (SSSR count). The van der Waals surface area contributed by atoms with Gasteiger partial charge in [0, 0.05) is 35.9 Å². The molecule has 0 aromatic carbocycles. The molecule has 0 radical (unpaired) electrons. The highest BCUT2D eigenvalue weighted by Crippen LogP contribution is 2.26. The van der Waals surface area contributed by atoms with Crippen LogP contribution >= 0.6 is 15.9 Å². The zero-order valence-corrected chi connectivity index (χ0v) is 13.5. The van der Waals surface area contributed by atoms with Crippen molar-refractivity contribution in [1.29, 1.82) is 0 Å². The molecule has 1 aromatic heterocycles. The van der Waals surface area contributed by atoms with Crippen molar-refractivity contribution >= 4 is 21.7 Å². The molecule has 0 saturated carbocycles. The van der Waals surface area contributed by atoms with Gasteiger partial charge in [-0.05, 0) is 42.4 Å². The largest absolute Gasteiger partial charge is 0.372 e. The number of aromatic nitrogens is 1. The Morgan fingerprint density at radius 2 is 2.32 bits per heavy atom. The molecular weight excluding hydrogens is 306 g/mol. The molecule has 0 aliphatic carbocycles. The lowest BCUT2D eigenvalue weighted by Crippen LogP contribution is -2.49. The highest BCUT2D eigenvalue weighted by atomic mass is 79.9. The van der Waals surface area contributed by atoms with Crippen molar-refractivity contribution in [3.8, 4) is 0 Å². The van der Waals surface area contributed by atoms with Gasteiger partial charge in [0.1, 0.15) is 5.82 Å². The first-order chi connectivity index (χ1) is 9.02. The van der Waals surface area contributed by atoms with Crippen LogP contribution in [0.5, 0.6) is 0 Å². The van der Waals surface area contributed by atoms with E-state index >= 15 is 0 Å². The molecule has 4 nitrogen and oxygen atoms in total. The van der Waals surface area contributed by atoms with Crippen LogP contribution in [0.1, 0.15) is 26.3 Å². The smallest absolute Gasteiger partial charge is 0.133 e. The molecule has 106 valence electrons. The van der Waals surface area contributed by atoms with Gasteiger partial charge in [-0.15, -0.1) is 0 Å². The van der Waals surface area contributed by atoms with Gasteiger partial charge >= 0.3 is 0 Å². The van der Waals surface area contributed by atoms with Crippen molar-refractivity contribution in [2.45, 2.75) is 32.9 Å². The summed E-state index contributed by atoms with van der Waals surface area (Å²) < 4.78 is 6.79. The molecule has 1 aromatic rings. The quantitative estimate of drug-likeness (QED) is 0.922. The van der Waals surface area contributed by atoms with Gasteiger partial charge in [0.15, 0.2) is 0 Å². The Balaban J connectivity index is 2.22. The van der Waals surface area contributed by atoms with Crippen LogP contribution in [0.4, 0.5) is 5.82 Å². The Labute approximate surface area is 123 Å². The minimum atomic E-state index is -0.109. The lowest BCUT2D eigenvalue weighted by Gasteiger charge is -2.39. The van der Waals surface area contributed by atoms with Gasteiger partial charge in [-0.3, -0.25) is 0 Å². The molecule has 19 heavy (non-hydrogen) atoms. The minimum Gasteiger partial charge on any atom is -0.372 e. The van der Waals surface area contributed by atoms with E-state index < -0.39 is 0 Å². The molecule has 1 N–H and O–H groups in total. The van der Waals surface area contributed by atoms with E-state index in [1.807, 2.05) is 6.20 Å². The third-order valence-electron chi connectivity index (χ3n) is 3.20. The first-order valence-corrected chi connectivity index (χ1v) is 7.55. The van der Waals surface area contributed by atoms with Crippen LogP contribution in [0.25, 0.3) is 0 Å². The Morgan fingerprint density at radius 1 is 1.53 bits per heavy atom. The number of pyridine rings is 1. The fourth-order valence-electron chi connectivity index (χ4n) is 2.35. The second kappa shape index (κ2) is 6.20. The van der Waals surface area contributed by atoms with Crippen LogP contribution in [0.2, 0.25) is 0 Å². The number of hydrogen-bond acceptors (Lipinski definition) is 4. The summed E-state index contributed by atoms with van der Waals surface area (Å²) in [4.78, 5) is 6.93. The zero-order valence-electron chi connectivity index (χ0n) is 11.9. The van der Waals surface area contributed by atoms with Crippen molar-refractivity contribution in [1.82, 2.24) is 10.3 Å². The molecule has 2 heterocycles. The predicted molar refractivity (Wildman–Crippen MR) is 81.6 cm³/mol. The van der Waals surface area contributed by atoms with Crippen molar-refractivity contribution in [3.63, 3.8) is 0 Å². The van der Waals surface area contributed by atoms with E-state index in [0.717, 1.165) is 43.1 Å². The van der Waals surface area contributed by atoms with E-state index in [4.69, 9.17) is 4.74 Å². The van der Waals surface area contributed by atoms with Crippen LogP contribution < -0.4 is 10.2 Å². The SMILES string of the molecule is CCNCc1cc(Br)cnc1N1CCOC(C)(C)C1. The van der Waals surface area contributed by atoms with E-state index in [2.05, 4.69) is 58.0 Å². The summed E-state index contributed by atoms with van der Waals surface area (Å²) in [5, 5.41) is 3.37. The Morgan fingerprint density at radius 3 is 3.00 bits per heavy atom. The molecule has 0 spiro atoms. The number of nitrogens with zero attached hydrogens (tertiary/aromatic N) is 2. The first kappa shape index (κ1) is 14.8. The topological polar surface area (TPSA) is 37.4 Å². The molecule has 1 saturated heterocycles. The number of anilines is 1. The Hall–Kier alpha value is -0.650. The maximum atomic E-state index is 5.77. The van der Waals surface area contributed by atoms with Gasteiger partial charge in [0.2, 0.25) is 0 Å². The van der Waals surface area contributed by atoms with Gasteiger partial charge < -0.3 is 15.0 Å². The van der Waals surface area contributed by atoms with E-state index in [1.54, 1.807) is 0 Å². The van der Waals surface area contributed by atoms with E-state index in [-0.39, 0.29) is 5.60 Å². The maximum absolute atomic E-state index is 5.77. The molecule has 0 amide bonds. The average molecular weight is 328 g/mol. The first-order valence-electron chi connectivity index (χ1n) is 6.76. The highest BCUT2D eigenvalue weighted by molar-refractivity contribution is 9.10. The summed E-state index contributed by atoms with van der Waals surface area (Å²) in [6.07, 6.45) is 1.87. The van der Waals surface area contributed by atoms with Crippen LogP contribution in [0, 0.1) is 0 Å². The zero-order chi connectivity index (χ0) is 13.9. The fraction of sp³-hybridized carbons (Fsp3) is 0.643. The summed E-state index contributed by atoms with van der Waals surface area (Å²) in [5.41, 5.74) is 1.12. The summed E-state index contributed by atoms with van der Waals surface area (Å²) in [5.74, 6) is 1.07. The summed E-state index contributed by atoms with van der Waals surface area (Å²) in [6, 6.07) is 2.15. The van der Waals surface area contributed by atoms with Gasteiger partial charge in [0.25, 0.3) is 0 Å². The van der Waals surface area contributed by atoms with Crippen LogP contribution in [0.3, 0.4) is 0 Å². The summed E-state index contributed by atoms with van der Waals surface area (Å²) >= 11 is 3.50. The van der Waals surface area contributed by atoms with Gasteiger partial charge in [0.05, 0.1) is 12.2 Å². The molecule has 5 heteroatoms. The third-order valence-corrected chi connectivity index (χ3v) is 3.63. The molecular formula is C14H22BrN3O. The van der Waals surface area contributed by atoms with E-state index in [1.165, 1.54) is 5.56 Å².